The Hall–Kier alpha value is -1.05. The highest BCUT2D eigenvalue weighted by Gasteiger charge is 2.44. The molecule has 0 amide bonds. The molecule has 0 aromatic heterocycles. The van der Waals surface area contributed by atoms with Crippen molar-refractivity contribution in [3.8, 4) is 0 Å². The van der Waals surface area contributed by atoms with Gasteiger partial charge in [0.25, 0.3) is 0 Å². The van der Waals surface area contributed by atoms with Crippen LogP contribution in [0.15, 0.2) is 23.1 Å². The van der Waals surface area contributed by atoms with Crippen LogP contribution in [-0.2, 0) is 14.8 Å². The lowest BCUT2D eigenvalue weighted by Gasteiger charge is -2.24. The van der Waals surface area contributed by atoms with E-state index < -0.39 is 22.0 Å². The summed E-state index contributed by atoms with van der Waals surface area (Å²) in [5, 5.41) is 8.82. The van der Waals surface area contributed by atoms with E-state index in [0.717, 1.165) is 15.4 Å². The highest BCUT2D eigenvalue weighted by Crippen LogP contribution is 2.34. The number of aryl methyl sites for hydroxylation is 2. The smallest absolute Gasteiger partial charge is 0.322 e. The summed E-state index contributed by atoms with van der Waals surface area (Å²) in [6.45, 7) is 5.46. The van der Waals surface area contributed by atoms with Crippen LogP contribution in [0.3, 0.4) is 0 Å². The number of hydrogen-bond acceptors (Lipinski definition) is 4. The van der Waals surface area contributed by atoms with Crippen molar-refractivity contribution in [1.29, 1.82) is 0 Å². The Morgan fingerprint density at radius 1 is 1.35 bits per heavy atom. The second kappa shape index (κ2) is 5.38. The summed E-state index contributed by atoms with van der Waals surface area (Å²) < 4.78 is 26.4. The zero-order chi connectivity index (χ0) is 15.1. The molecule has 0 radical (unpaired) electrons. The molecule has 0 spiro atoms. The summed E-state index contributed by atoms with van der Waals surface area (Å²) >= 11 is 1.34. The Balaban J connectivity index is 2.47. The van der Waals surface area contributed by atoms with Crippen molar-refractivity contribution in [3.05, 3.63) is 29.3 Å². The lowest BCUT2D eigenvalue weighted by atomic mass is 10.1. The van der Waals surface area contributed by atoms with Crippen molar-refractivity contribution in [2.45, 2.75) is 37.1 Å². The fourth-order valence-electron chi connectivity index (χ4n) is 2.17. The molecule has 0 bridgehead atoms. The average Bonchev–Trinajstić information content (AvgIpc) is 2.75. The predicted molar refractivity (Wildman–Crippen MR) is 78.3 cm³/mol. The largest absolute Gasteiger partial charge is 0.480 e. The topological polar surface area (TPSA) is 74.7 Å². The van der Waals surface area contributed by atoms with Gasteiger partial charge in [-0.25, -0.2) is 8.42 Å². The standard InChI is InChI=1S/C13H17NO4S2/c1-8-4-5-11(6-9(8)2)20(17,18)14-10(3)19-7-12(14)13(15)16/h4-6,10,12H,7H2,1-3H3,(H,15,16). The maximum Gasteiger partial charge on any atom is 0.322 e. The van der Waals surface area contributed by atoms with E-state index in [1.165, 1.54) is 17.8 Å². The van der Waals surface area contributed by atoms with Crippen molar-refractivity contribution in [1.82, 2.24) is 4.31 Å². The number of aliphatic carboxylic acids is 1. The summed E-state index contributed by atoms with van der Waals surface area (Å²) in [5.41, 5.74) is 1.88. The van der Waals surface area contributed by atoms with Gasteiger partial charge < -0.3 is 5.11 Å². The van der Waals surface area contributed by atoms with E-state index in [2.05, 4.69) is 0 Å². The van der Waals surface area contributed by atoms with Crippen LogP contribution >= 0.6 is 11.8 Å². The third kappa shape index (κ3) is 2.57. The molecular formula is C13H17NO4S2. The summed E-state index contributed by atoms with van der Waals surface area (Å²) in [4.78, 5) is 11.4. The third-order valence-electron chi connectivity index (χ3n) is 3.50. The molecule has 1 aromatic rings. The maximum atomic E-state index is 12.7. The molecule has 0 saturated carbocycles. The van der Waals surface area contributed by atoms with Gasteiger partial charge in [0, 0.05) is 5.75 Å². The SMILES string of the molecule is Cc1ccc(S(=O)(=O)N2C(C)SCC2C(=O)O)cc1C. The number of hydrogen-bond donors (Lipinski definition) is 1. The molecule has 20 heavy (non-hydrogen) atoms. The fraction of sp³-hybridized carbons (Fsp3) is 0.462. The minimum Gasteiger partial charge on any atom is -0.480 e. The number of carbonyl (C=O) groups is 1. The van der Waals surface area contributed by atoms with Gasteiger partial charge in [0.15, 0.2) is 0 Å². The molecule has 5 nitrogen and oxygen atoms in total. The number of rotatable bonds is 3. The molecule has 1 fully saturated rings. The van der Waals surface area contributed by atoms with Gasteiger partial charge in [-0.05, 0) is 44.0 Å². The Kier molecular flexibility index (Phi) is 4.13. The number of benzene rings is 1. The Labute approximate surface area is 123 Å². The van der Waals surface area contributed by atoms with Crippen molar-refractivity contribution in [2.75, 3.05) is 5.75 Å². The van der Waals surface area contributed by atoms with Gasteiger partial charge in [-0.15, -0.1) is 11.8 Å². The van der Waals surface area contributed by atoms with Crippen molar-refractivity contribution in [3.63, 3.8) is 0 Å². The number of sulfonamides is 1. The molecule has 1 aliphatic rings. The van der Waals surface area contributed by atoms with Crippen molar-refractivity contribution >= 4 is 27.8 Å². The first-order valence-electron chi connectivity index (χ1n) is 6.20. The molecule has 1 saturated heterocycles. The number of carboxylic acids is 1. The molecule has 2 rings (SSSR count). The highest BCUT2D eigenvalue weighted by molar-refractivity contribution is 8.01. The molecule has 1 heterocycles. The molecule has 110 valence electrons. The van der Waals surface area contributed by atoms with E-state index in [9.17, 15) is 18.3 Å². The fourth-order valence-corrected chi connectivity index (χ4v) is 5.54. The first kappa shape index (κ1) is 15.3. The molecule has 0 aliphatic carbocycles. The minimum absolute atomic E-state index is 0.154. The van der Waals surface area contributed by atoms with Gasteiger partial charge in [-0.1, -0.05) is 6.07 Å². The summed E-state index contributed by atoms with van der Waals surface area (Å²) in [7, 11) is -3.79. The van der Waals surface area contributed by atoms with Gasteiger partial charge >= 0.3 is 5.97 Å². The van der Waals surface area contributed by atoms with Crippen LogP contribution in [0.1, 0.15) is 18.1 Å². The molecule has 1 N–H and O–H groups in total. The highest BCUT2D eigenvalue weighted by atomic mass is 32.2. The zero-order valence-corrected chi connectivity index (χ0v) is 13.2. The lowest BCUT2D eigenvalue weighted by molar-refractivity contribution is -0.140. The van der Waals surface area contributed by atoms with Crippen LogP contribution in [0.25, 0.3) is 0 Å². The van der Waals surface area contributed by atoms with E-state index in [1.54, 1.807) is 19.1 Å². The number of carboxylic acid groups (broad SMARTS) is 1. The molecule has 1 aromatic carbocycles. The van der Waals surface area contributed by atoms with Crippen LogP contribution in [-0.4, -0.2) is 41.0 Å². The summed E-state index contributed by atoms with van der Waals surface area (Å²) in [5.74, 6) is -0.824. The Morgan fingerprint density at radius 2 is 2.00 bits per heavy atom. The predicted octanol–water partition coefficient (Wildman–Crippen LogP) is 1.84. The summed E-state index contributed by atoms with van der Waals surface area (Å²) in [6, 6.07) is 3.87. The van der Waals surface area contributed by atoms with Crippen molar-refractivity contribution < 1.29 is 18.3 Å². The van der Waals surface area contributed by atoms with E-state index in [4.69, 9.17) is 0 Å². The van der Waals surface area contributed by atoms with E-state index in [0.29, 0.717) is 0 Å². The van der Waals surface area contributed by atoms with Crippen LogP contribution in [0.4, 0.5) is 0 Å². The second-order valence-corrected chi connectivity index (χ2v) is 8.06. The lowest BCUT2D eigenvalue weighted by Crippen LogP contribution is -2.44. The van der Waals surface area contributed by atoms with Crippen LogP contribution in [0.5, 0.6) is 0 Å². The van der Waals surface area contributed by atoms with E-state index in [1.807, 2.05) is 13.8 Å². The van der Waals surface area contributed by atoms with E-state index >= 15 is 0 Å². The van der Waals surface area contributed by atoms with Crippen LogP contribution in [0, 0.1) is 13.8 Å². The second-order valence-electron chi connectivity index (χ2n) is 4.87. The van der Waals surface area contributed by atoms with Crippen molar-refractivity contribution in [2.24, 2.45) is 0 Å². The first-order chi connectivity index (χ1) is 9.25. The molecule has 1 aliphatic heterocycles. The molecular weight excluding hydrogens is 298 g/mol. The van der Waals surface area contributed by atoms with Crippen LogP contribution in [0.2, 0.25) is 0 Å². The number of nitrogens with zero attached hydrogens (tertiary/aromatic N) is 1. The Morgan fingerprint density at radius 3 is 2.55 bits per heavy atom. The third-order valence-corrected chi connectivity index (χ3v) is 6.83. The first-order valence-corrected chi connectivity index (χ1v) is 8.69. The van der Waals surface area contributed by atoms with Crippen LogP contribution < -0.4 is 0 Å². The molecule has 7 heteroatoms. The van der Waals surface area contributed by atoms with E-state index in [-0.39, 0.29) is 16.0 Å². The average molecular weight is 315 g/mol. The molecule has 2 unspecified atom stereocenters. The van der Waals surface area contributed by atoms with Gasteiger partial charge in [-0.2, -0.15) is 4.31 Å². The normalized spacial score (nSPS) is 23.9. The maximum absolute atomic E-state index is 12.7. The van der Waals surface area contributed by atoms with Gasteiger partial charge in [0.2, 0.25) is 10.0 Å². The summed E-state index contributed by atoms with van der Waals surface area (Å²) in [6.07, 6.45) is 0. The quantitative estimate of drug-likeness (QED) is 0.921. The van der Waals surface area contributed by atoms with Gasteiger partial charge in [-0.3, -0.25) is 4.79 Å². The van der Waals surface area contributed by atoms with Gasteiger partial charge in [0.1, 0.15) is 6.04 Å². The number of thioether (sulfide) groups is 1. The van der Waals surface area contributed by atoms with Gasteiger partial charge in [0.05, 0.1) is 10.3 Å². The zero-order valence-electron chi connectivity index (χ0n) is 11.5. The molecule has 2 atom stereocenters. The Bertz CT molecular complexity index is 642. The minimum atomic E-state index is -3.79. The monoisotopic (exact) mass is 315 g/mol.